The molecule has 0 saturated carbocycles. The highest BCUT2D eigenvalue weighted by Crippen LogP contribution is 2.27. The van der Waals surface area contributed by atoms with Crippen LogP contribution in [-0.4, -0.2) is 23.9 Å². The van der Waals surface area contributed by atoms with E-state index in [2.05, 4.69) is 5.32 Å². The minimum atomic E-state index is -0.905. The highest BCUT2D eigenvalue weighted by molar-refractivity contribution is 6.12. The molecule has 0 bridgehead atoms. The van der Waals surface area contributed by atoms with E-state index in [1.54, 1.807) is 36.9 Å². The number of amides is 2. The summed E-state index contributed by atoms with van der Waals surface area (Å²) in [5.41, 5.74) is 0.289. The van der Waals surface area contributed by atoms with Crippen LogP contribution >= 0.6 is 0 Å². The number of allylic oxidation sites excluding steroid dienone is 1. The second kappa shape index (κ2) is 4.88. The van der Waals surface area contributed by atoms with Crippen molar-refractivity contribution in [3.63, 3.8) is 0 Å². The molecule has 0 fully saturated rings. The third-order valence-electron chi connectivity index (χ3n) is 3.17. The maximum atomic E-state index is 12.6. The molecule has 19 heavy (non-hydrogen) atoms. The van der Waals surface area contributed by atoms with Crippen molar-refractivity contribution in [2.75, 3.05) is 11.4 Å². The first-order valence-electron chi connectivity index (χ1n) is 6.32. The van der Waals surface area contributed by atoms with E-state index in [4.69, 9.17) is 0 Å². The molecule has 4 nitrogen and oxygen atoms in total. The maximum Gasteiger partial charge on any atom is 0.254 e. The van der Waals surface area contributed by atoms with Gasteiger partial charge < -0.3 is 10.2 Å². The van der Waals surface area contributed by atoms with E-state index in [1.807, 2.05) is 25.1 Å². The van der Waals surface area contributed by atoms with E-state index < -0.39 is 5.54 Å². The molecule has 2 rings (SSSR count). The first kappa shape index (κ1) is 13.3. The molecule has 0 unspecified atom stereocenters. The Kier molecular flexibility index (Phi) is 3.42. The van der Waals surface area contributed by atoms with Gasteiger partial charge in [0.25, 0.3) is 11.8 Å². The fourth-order valence-corrected chi connectivity index (χ4v) is 2.14. The van der Waals surface area contributed by atoms with Crippen molar-refractivity contribution in [2.24, 2.45) is 0 Å². The second-order valence-electron chi connectivity index (χ2n) is 5.08. The average Bonchev–Trinajstić information content (AvgIpc) is 2.44. The minimum Gasteiger partial charge on any atom is -0.338 e. The number of anilines is 1. The zero-order valence-electron chi connectivity index (χ0n) is 11.4. The zero-order valence-corrected chi connectivity index (χ0v) is 11.4. The molecular weight excluding hydrogens is 240 g/mol. The van der Waals surface area contributed by atoms with Crippen LogP contribution in [0.3, 0.4) is 0 Å². The number of para-hydroxylation sites is 1. The van der Waals surface area contributed by atoms with Crippen LogP contribution in [0.25, 0.3) is 0 Å². The van der Waals surface area contributed by atoms with E-state index in [9.17, 15) is 9.59 Å². The van der Waals surface area contributed by atoms with Crippen LogP contribution in [0.5, 0.6) is 0 Å². The third kappa shape index (κ3) is 2.38. The minimum absolute atomic E-state index is 0.107. The van der Waals surface area contributed by atoms with Crippen LogP contribution in [-0.2, 0) is 4.79 Å². The number of carbonyl (C=O) groups is 2. The van der Waals surface area contributed by atoms with Crippen LogP contribution in [0.1, 0.15) is 31.1 Å². The Morgan fingerprint density at radius 2 is 1.95 bits per heavy atom. The molecule has 0 radical (unpaired) electrons. The van der Waals surface area contributed by atoms with Gasteiger partial charge in [0.15, 0.2) is 0 Å². The Morgan fingerprint density at radius 3 is 2.63 bits per heavy atom. The second-order valence-corrected chi connectivity index (χ2v) is 5.08. The third-order valence-corrected chi connectivity index (χ3v) is 3.17. The van der Waals surface area contributed by atoms with Crippen LogP contribution < -0.4 is 10.2 Å². The highest BCUT2D eigenvalue weighted by atomic mass is 16.2. The molecule has 0 aliphatic carbocycles. The van der Waals surface area contributed by atoms with Gasteiger partial charge in [0.05, 0.1) is 11.3 Å². The molecule has 1 aliphatic heterocycles. The van der Waals surface area contributed by atoms with Crippen molar-refractivity contribution >= 4 is 17.5 Å². The number of rotatable bonds is 2. The number of benzene rings is 1. The predicted molar refractivity (Wildman–Crippen MR) is 75.2 cm³/mol. The largest absolute Gasteiger partial charge is 0.338 e. The summed E-state index contributed by atoms with van der Waals surface area (Å²) >= 11 is 0. The lowest BCUT2D eigenvalue weighted by Crippen LogP contribution is -2.53. The Labute approximate surface area is 113 Å². The molecule has 0 atom stereocenters. The van der Waals surface area contributed by atoms with Crippen LogP contribution in [0, 0.1) is 0 Å². The molecule has 4 heteroatoms. The highest BCUT2D eigenvalue weighted by Gasteiger charge is 2.38. The molecule has 100 valence electrons. The average molecular weight is 258 g/mol. The van der Waals surface area contributed by atoms with Gasteiger partial charge in [-0.3, -0.25) is 9.59 Å². The normalized spacial score (nSPS) is 18.2. The standard InChI is InChI=1S/C15H18N2O2/c1-4-5-10-17-12-9-7-6-8-11(12)13(18)16-15(2,3)14(17)19/h4-9H,10H2,1-3H3,(H,16,18)/b5-4+. The van der Waals surface area contributed by atoms with E-state index in [-0.39, 0.29) is 11.8 Å². The summed E-state index contributed by atoms with van der Waals surface area (Å²) in [7, 11) is 0. The molecule has 1 aliphatic rings. The van der Waals surface area contributed by atoms with Crippen molar-refractivity contribution in [1.29, 1.82) is 0 Å². The van der Waals surface area contributed by atoms with Crippen LogP contribution in [0.15, 0.2) is 36.4 Å². The van der Waals surface area contributed by atoms with Crippen LogP contribution in [0.4, 0.5) is 5.69 Å². The molecular formula is C15H18N2O2. The van der Waals surface area contributed by atoms with Crippen LogP contribution in [0.2, 0.25) is 0 Å². The molecule has 1 aromatic rings. The van der Waals surface area contributed by atoms with Gasteiger partial charge in [0.1, 0.15) is 5.54 Å². The van der Waals surface area contributed by atoms with Crippen molar-refractivity contribution < 1.29 is 9.59 Å². The zero-order chi connectivity index (χ0) is 14.0. The van der Waals surface area contributed by atoms with E-state index >= 15 is 0 Å². The fraction of sp³-hybridized carbons (Fsp3) is 0.333. The van der Waals surface area contributed by atoms with Gasteiger partial charge in [0.2, 0.25) is 0 Å². The van der Waals surface area contributed by atoms with Crippen molar-refractivity contribution in [3.05, 3.63) is 42.0 Å². The van der Waals surface area contributed by atoms with Gasteiger partial charge >= 0.3 is 0 Å². The molecule has 0 aromatic heterocycles. The van der Waals surface area contributed by atoms with Gasteiger partial charge in [-0.2, -0.15) is 0 Å². The summed E-state index contributed by atoms with van der Waals surface area (Å²) in [6.07, 6.45) is 3.80. The topological polar surface area (TPSA) is 49.4 Å². The molecule has 1 heterocycles. The smallest absolute Gasteiger partial charge is 0.254 e. The number of hydrogen-bond donors (Lipinski definition) is 1. The van der Waals surface area contributed by atoms with Gasteiger partial charge in [-0.25, -0.2) is 0 Å². The molecule has 0 spiro atoms. The molecule has 1 aromatic carbocycles. The van der Waals surface area contributed by atoms with Gasteiger partial charge in [-0.05, 0) is 32.9 Å². The summed E-state index contributed by atoms with van der Waals surface area (Å²) in [6, 6.07) is 7.18. The fourth-order valence-electron chi connectivity index (χ4n) is 2.14. The van der Waals surface area contributed by atoms with Crippen molar-refractivity contribution in [3.8, 4) is 0 Å². The monoisotopic (exact) mass is 258 g/mol. The van der Waals surface area contributed by atoms with E-state index in [1.165, 1.54) is 0 Å². The predicted octanol–water partition coefficient (Wildman–Crippen LogP) is 2.12. The summed E-state index contributed by atoms with van der Waals surface area (Å²) < 4.78 is 0. The van der Waals surface area contributed by atoms with Crippen molar-refractivity contribution in [2.45, 2.75) is 26.3 Å². The molecule has 2 amide bonds. The lowest BCUT2D eigenvalue weighted by atomic mass is 10.0. The SMILES string of the molecule is C/C=C/CN1C(=O)C(C)(C)NC(=O)c2ccccc21. The number of carbonyl (C=O) groups excluding carboxylic acids is 2. The molecule has 1 N–H and O–H groups in total. The Bertz CT molecular complexity index is 547. The summed E-state index contributed by atoms with van der Waals surface area (Å²) in [4.78, 5) is 26.4. The maximum absolute atomic E-state index is 12.6. The van der Waals surface area contributed by atoms with Gasteiger partial charge in [-0.15, -0.1) is 0 Å². The number of nitrogens with zero attached hydrogens (tertiary/aromatic N) is 1. The number of nitrogens with one attached hydrogen (secondary N) is 1. The summed E-state index contributed by atoms with van der Waals surface area (Å²) in [5.74, 6) is -0.319. The number of hydrogen-bond acceptors (Lipinski definition) is 2. The molecule has 0 saturated heterocycles. The Hall–Kier alpha value is -2.10. The van der Waals surface area contributed by atoms with E-state index in [0.717, 1.165) is 0 Å². The summed E-state index contributed by atoms with van der Waals surface area (Å²) in [5, 5.41) is 2.78. The lowest BCUT2D eigenvalue weighted by molar-refractivity contribution is -0.123. The van der Waals surface area contributed by atoms with Gasteiger partial charge in [-0.1, -0.05) is 24.3 Å². The quantitative estimate of drug-likeness (QED) is 0.826. The first-order chi connectivity index (χ1) is 8.97. The lowest BCUT2D eigenvalue weighted by Gasteiger charge is -2.28. The number of fused-ring (bicyclic) bond motifs is 1. The Morgan fingerprint density at radius 1 is 1.26 bits per heavy atom. The summed E-state index contributed by atoms with van der Waals surface area (Å²) in [6.45, 7) is 5.82. The first-order valence-corrected chi connectivity index (χ1v) is 6.32. The van der Waals surface area contributed by atoms with Crippen molar-refractivity contribution in [1.82, 2.24) is 5.32 Å². The van der Waals surface area contributed by atoms with E-state index in [0.29, 0.717) is 17.8 Å². The Balaban J connectivity index is 2.56. The van der Waals surface area contributed by atoms with Gasteiger partial charge in [0, 0.05) is 6.54 Å².